The van der Waals surface area contributed by atoms with Crippen molar-refractivity contribution < 1.29 is 9.84 Å². The van der Waals surface area contributed by atoms with E-state index in [4.69, 9.17) is 16.3 Å². The minimum absolute atomic E-state index is 0.0493. The molecule has 0 radical (unpaired) electrons. The number of rotatable bonds is 3. The Hall–Kier alpha value is -0.990. The molecule has 16 heavy (non-hydrogen) atoms. The summed E-state index contributed by atoms with van der Waals surface area (Å²) in [5, 5.41) is 9.78. The molecule has 3 heteroatoms. The largest absolute Gasteiger partial charge is 0.484 e. The van der Waals surface area contributed by atoms with Gasteiger partial charge in [-0.05, 0) is 31.4 Å². The highest BCUT2D eigenvalue weighted by Gasteiger charge is 2.14. The van der Waals surface area contributed by atoms with E-state index in [-0.39, 0.29) is 12.7 Å². The molecule has 1 aromatic rings. The van der Waals surface area contributed by atoms with Gasteiger partial charge in [0, 0.05) is 5.56 Å². The van der Waals surface area contributed by atoms with Gasteiger partial charge in [0.1, 0.15) is 11.9 Å². The Labute approximate surface area is 101 Å². The lowest BCUT2D eigenvalue weighted by Crippen LogP contribution is -2.16. The third-order valence-electron chi connectivity index (χ3n) is 2.70. The van der Waals surface area contributed by atoms with Crippen molar-refractivity contribution in [2.45, 2.75) is 32.0 Å². The molecule has 1 unspecified atom stereocenters. The second kappa shape index (κ2) is 5.37. The van der Waals surface area contributed by atoms with E-state index in [1.165, 1.54) is 0 Å². The summed E-state index contributed by atoms with van der Waals surface area (Å²) in [7, 11) is 0. The Kier molecular flexibility index (Phi) is 3.86. The molecule has 0 aliphatic heterocycles. The molecule has 0 spiro atoms. The number of hydrogen-bond acceptors (Lipinski definition) is 2. The number of aliphatic hydroxyl groups is 1. The molecule has 1 aliphatic carbocycles. The number of para-hydroxylation sites is 1. The monoisotopic (exact) mass is 238 g/mol. The fourth-order valence-corrected chi connectivity index (χ4v) is 2.08. The van der Waals surface area contributed by atoms with Crippen LogP contribution in [0.2, 0.25) is 5.02 Å². The number of aliphatic hydroxyl groups excluding tert-OH is 1. The van der Waals surface area contributed by atoms with E-state index in [0.29, 0.717) is 10.8 Å². The molecule has 0 saturated heterocycles. The van der Waals surface area contributed by atoms with E-state index in [2.05, 4.69) is 12.2 Å². The molecule has 0 amide bonds. The number of halogens is 1. The van der Waals surface area contributed by atoms with Gasteiger partial charge < -0.3 is 9.84 Å². The number of benzene rings is 1. The van der Waals surface area contributed by atoms with Gasteiger partial charge in [-0.25, -0.2) is 0 Å². The quantitative estimate of drug-likeness (QED) is 0.819. The summed E-state index contributed by atoms with van der Waals surface area (Å²) >= 11 is 6.07. The van der Waals surface area contributed by atoms with E-state index in [1.807, 2.05) is 12.1 Å². The molecular weight excluding hydrogens is 224 g/mol. The second-order valence-electron chi connectivity index (χ2n) is 3.90. The standard InChI is InChI=1S/C13H15ClO2/c14-12-8-4-5-10(9-15)13(12)16-11-6-2-1-3-7-11/h2,4-6,8,11,15H,1,3,7,9H2. The van der Waals surface area contributed by atoms with Gasteiger partial charge in [0.15, 0.2) is 0 Å². The van der Waals surface area contributed by atoms with Crippen LogP contribution in [0.15, 0.2) is 30.4 Å². The summed E-state index contributed by atoms with van der Waals surface area (Å²) in [6, 6.07) is 5.42. The van der Waals surface area contributed by atoms with Crippen LogP contribution < -0.4 is 4.74 Å². The summed E-state index contributed by atoms with van der Waals surface area (Å²) in [6.07, 6.45) is 7.54. The van der Waals surface area contributed by atoms with Crippen LogP contribution in [0.4, 0.5) is 0 Å². The first kappa shape index (κ1) is 11.5. The molecule has 0 saturated carbocycles. The van der Waals surface area contributed by atoms with Crippen molar-refractivity contribution >= 4 is 11.6 Å². The molecule has 1 aliphatic rings. The Balaban J connectivity index is 2.19. The first-order valence-corrected chi connectivity index (χ1v) is 5.90. The van der Waals surface area contributed by atoms with E-state index in [0.717, 1.165) is 24.8 Å². The first-order valence-electron chi connectivity index (χ1n) is 5.53. The minimum atomic E-state index is -0.0493. The number of ether oxygens (including phenoxy) is 1. The molecule has 2 nitrogen and oxygen atoms in total. The maximum atomic E-state index is 9.22. The highest BCUT2D eigenvalue weighted by Crippen LogP contribution is 2.31. The zero-order chi connectivity index (χ0) is 11.4. The fraction of sp³-hybridized carbons (Fsp3) is 0.385. The van der Waals surface area contributed by atoms with Crippen molar-refractivity contribution in [3.05, 3.63) is 40.9 Å². The lowest BCUT2D eigenvalue weighted by atomic mass is 10.1. The topological polar surface area (TPSA) is 29.5 Å². The van der Waals surface area contributed by atoms with Crippen molar-refractivity contribution in [2.24, 2.45) is 0 Å². The van der Waals surface area contributed by atoms with E-state index < -0.39 is 0 Å². The second-order valence-corrected chi connectivity index (χ2v) is 4.31. The average molecular weight is 239 g/mol. The lowest BCUT2D eigenvalue weighted by Gasteiger charge is -2.20. The summed E-state index contributed by atoms with van der Waals surface area (Å²) < 4.78 is 5.83. The Morgan fingerprint density at radius 2 is 2.31 bits per heavy atom. The Morgan fingerprint density at radius 3 is 3.00 bits per heavy atom. The van der Waals surface area contributed by atoms with E-state index in [9.17, 15) is 5.11 Å². The summed E-state index contributed by atoms with van der Waals surface area (Å²) in [5.74, 6) is 0.614. The smallest absolute Gasteiger partial charge is 0.144 e. The third-order valence-corrected chi connectivity index (χ3v) is 3.00. The van der Waals surface area contributed by atoms with Crippen molar-refractivity contribution in [1.29, 1.82) is 0 Å². The summed E-state index contributed by atoms with van der Waals surface area (Å²) in [5.41, 5.74) is 0.742. The molecule has 0 aromatic heterocycles. The highest BCUT2D eigenvalue weighted by atomic mass is 35.5. The Bertz CT molecular complexity index is 388. The van der Waals surface area contributed by atoms with Crippen molar-refractivity contribution in [3.8, 4) is 5.75 Å². The van der Waals surface area contributed by atoms with Gasteiger partial charge in [0.2, 0.25) is 0 Å². The summed E-state index contributed by atoms with van der Waals surface area (Å²) in [6.45, 7) is -0.0493. The predicted octanol–water partition coefficient (Wildman–Crippen LogP) is 3.32. The molecule has 1 atom stereocenters. The maximum absolute atomic E-state index is 9.22. The number of allylic oxidation sites excluding steroid dienone is 1. The van der Waals surface area contributed by atoms with Gasteiger partial charge in [-0.1, -0.05) is 29.8 Å². The fourth-order valence-electron chi connectivity index (χ4n) is 1.84. The van der Waals surface area contributed by atoms with Crippen LogP contribution in [0.3, 0.4) is 0 Å². The van der Waals surface area contributed by atoms with Crippen LogP contribution in [-0.2, 0) is 6.61 Å². The molecule has 2 rings (SSSR count). The molecule has 1 N–H and O–H groups in total. The molecular formula is C13H15ClO2. The number of hydrogen-bond donors (Lipinski definition) is 1. The SMILES string of the molecule is OCc1cccc(Cl)c1OC1C=CCCC1. The summed E-state index contributed by atoms with van der Waals surface area (Å²) in [4.78, 5) is 0. The van der Waals surface area contributed by atoms with E-state index >= 15 is 0 Å². The Morgan fingerprint density at radius 1 is 1.44 bits per heavy atom. The van der Waals surface area contributed by atoms with Crippen LogP contribution >= 0.6 is 11.6 Å². The van der Waals surface area contributed by atoms with Crippen LogP contribution in [0.1, 0.15) is 24.8 Å². The van der Waals surface area contributed by atoms with Gasteiger partial charge in [0.05, 0.1) is 11.6 Å². The third kappa shape index (κ3) is 2.57. The first-order chi connectivity index (χ1) is 7.81. The zero-order valence-corrected chi connectivity index (χ0v) is 9.78. The van der Waals surface area contributed by atoms with Crippen molar-refractivity contribution in [3.63, 3.8) is 0 Å². The van der Waals surface area contributed by atoms with Gasteiger partial charge in [0.25, 0.3) is 0 Å². The van der Waals surface area contributed by atoms with Crippen LogP contribution in [-0.4, -0.2) is 11.2 Å². The van der Waals surface area contributed by atoms with E-state index in [1.54, 1.807) is 6.07 Å². The van der Waals surface area contributed by atoms with Gasteiger partial charge in [-0.15, -0.1) is 0 Å². The normalized spacial score (nSPS) is 19.8. The van der Waals surface area contributed by atoms with Crippen LogP contribution in [0, 0.1) is 0 Å². The highest BCUT2D eigenvalue weighted by molar-refractivity contribution is 6.32. The lowest BCUT2D eigenvalue weighted by molar-refractivity contribution is 0.216. The van der Waals surface area contributed by atoms with Crippen LogP contribution in [0.25, 0.3) is 0 Å². The molecule has 86 valence electrons. The maximum Gasteiger partial charge on any atom is 0.144 e. The average Bonchev–Trinajstić information content (AvgIpc) is 2.33. The minimum Gasteiger partial charge on any atom is -0.484 e. The van der Waals surface area contributed by atoms with Gasteiger partial charge in [-0.2, -0.15) is 0 Å². The molecule has 1 aromatic carbocycles. The van der Waals surface area contributed by atoms with Crippen LogP contribution in [0.5, 0.6) is 5.75 Å². The molecule has 0 fully saturated rings. The predicted molar refractivity (Wildman–Crippen MR) is 64.8 cm³/mol. The molecule has 0 bridgehead atoms. The van der Waals surface area contributed by atoms with Crippen molar-refractivity contribution in [1.82, 2.24) is 0 Å². The molecule has 0 heterocycles. The van der Waals surface area contributed by atoms with Gasteiger partial charge in [-0.3, -0.25) is 0 Å². The van der Waals surface area contributed by atoms with Crippen molar-refractivity contribution in [2.75, 3.05) is 0 Å². The zero-order valence-electron chi connectivity index (χ0n) is 9.03. The van der Waals surface area contributed by atoms with Gasteiger partial charge >= 0.3 is 0 Å².